The normalized spacial score (nSPS) is 15.8. The van der Waals surface area contributed by atoms with E-state index in [2.05, 4.69) is 14.5 Å². The lowest BCUT2D eigenvalue weighted by atomic mass is 9.96. The van der Waals surface area contributed by atoms with Gasteiger partial charge in [0.1, 0.15) is 11.3 Å². The van der Waals surface area contributed by atoms with E-state index in [4.69, 9.17) is 5.73 Å². The molecule has 2 aromatic heterocycles. The molecule has 1 saturated heterocycles. The Labute approximate surface area is 171 Å². The van der Waals surface area contributed by atoms with Crippen LogP contribution < -0.4 is 5.73 Å². The van der Waals surface area contributed by atoms with Crippen LogP contribution >= 0.6 is 0 Å². The number of nitrogens with zero attached hydrogens (tertiary/aromatic N) is 4. The maximum absolute atomic E-state index is 12.7. The van der Waals surface area contributed by atoms with Crippen molar-refractivity contribution in [2.45, 2.75) is 33.2 Å². The fourth-order valence-electron chi connectivity index (χ4n) is 4.03. The number of amides is 1. The summed E-state index contributed by atoms with van der Waals surface area (Å²) >= 11 is 0. The van der Waals surface area contributed by atoms with Crippen LogP contribution in [0.15, 0.2) is 48.8 Å². The molecule has 1 fully saturated rings. The highest BCUT2D eigenvalue weighted by molar-refractivity contribution is 5.95. The van der Waals surface area contributed by atoms with Gasteiger partial charge in [-0.05, 0) is 61.9 Å². The van der Waals surface area contributed by atoms with Crippen LogP contribution in [-0.4, -0.2) is 38.4 Å². The minimum absolute atomic E-state index is 0.0908. The standard InChI is InChI=1S/C23H27N5O/c1-16(19-3-5-20(24)6-4-19)13-23(29)27-11-8-18(9-12-27)15-28-17(2)26-21-14-25-10-7-22(21)28/h3-7,10,13-14,18H,8-9,11-12,15,24H2,1-2H3. The highest BCUT2D eigenvalue weighted by Crippen LogP contribution is 2.24. The fraction of sp³-hybridized carbons (Fsp3) is 0.348. The first-order valence-corrected chi connectivity index (χ1v) is 10.1. The summed E-state index contributed by atoms with van der Waals surface area (Å²) in [5, 5.41) is 0. The Kier molecular flexibility index (Phi) is 5.34. The van der Waals surface area contributed by atoms with Crippen molar-refractivity contribution >= 4 is 28.2 Å². The van der Waals surface area contributed by atoms with Gasteiger partial charge < -0.3 is 15.2 Å². The first kappa shape index (κ1) is 19.2. The third-order valence-corrected chi connectivity index (χ3v) is 5.81. The molecule has 1 aliphatic rings. The predicted octanol–water partition coefficient (Wildman–Crippen LogP) is 3.66. The summed E-state index contributed by atoms with van der Waals surface area (Å²) in [6.45, 7) is 6.54. The van der Waals surface area contributed by atoms with E-state index in [0.717, 1.165) is 66.2 Å². The lowest BCUT2D eigenvalue weighted by Gasteiger charge is -2.32. The first-order chi connectivity index (χ1) is 14.0. The maximum atomic E-state index is 12.7. The van der Waals surface area contributed by atoms with E-state index < -0.39 is 0 Å². The van der Waals surface area contributed by atoms with Crippen LogP contribution in [0, 0.1) is 12.8 Å². The van der Waals surface area contributed by atoms with Gasteiger partial charge in [-0.15, -0.1) is 0 Å². The molecule has 0 saturated carbocycles. The number of hydrogen-bond acceptors (Lipinski definition) is 4. The van der Waals surface area contributed by atoms with Gasteiger partial charge in [-0.25, -0.2) is 4.98 Å². The van der Waals surface area contributed by atoms with Crippen molar-refractivity contribution in [1.82, 2.24) is 19.4 Å². The Bertz CT molecular complexity index is 1040. The van der Waals surface area contributed by atoms with Crippen molar-refractivity contribution in [3.8, 4) is 0 Å². The molecule has 1 aliphatic heterocycles. The molecule has 0 radical (unpaired) electrons. The fourth-order valence-corrected chi connectivity index (χ4v) is 4.03. The monoisotopic (exact) mass is 389 g/mol. The minimum Gasteiger partial charge on any atom is -0.399 e. The second-order valence-corrected chi connectivity index (χ2v) is 7.85. The number of hydrogen-bond donors (Lipinski definition) is 1. The molecule has 6 heteroatoms. The van der Waals surface area contributed by atoms with E-state index in [1.54, 1.807) is 6.08 Å². The van der Waals surface area contributed by atoms with E-state index in [-0.39, 0.29) is 5.91 Å². The topological polar surface area (TPSA) is 77.0 Å². The third-order valence-electron chi connectivity index (χ3n) is 5.81. The number of carbonyl (C=O) groups excluding carboxylic acids is 1. The summed E-state index contributed by atoms with van der Waals surface area (Å²) in [7, 11) is 0. The molecule has 3 aromatic rings. The van der Waals surface area contributed by atoms with Gasteiger partial charge >= 0.3 is 0 Å². The second-order valence-electron chi connectivity index (χ2n) is 7.85. The van der Waals surface area contributed by atoms with Crippen LogP contribution in [0.4, 0.5) is 5.69 Å². The largest absolute Gasteiger partial charge is 0.399 e. The number of pyridine rings is 1. The third kappa shape index (κ3) is 4.16. The first-order valence-electron chi connectivity index (χ1n) is 10.1. The number of rotatable bonds is 4. The van der Waals surface area contributed by atoms with Gasteiger partial charge in [0.15, 0.2) is 0 Å². The highest BCUT2D eigenvalue weighted by Gasteiger charge is 2.23. The highest BCUT2D eigenvalue weighted by atomic mass is 16.2. The second kappa shape index (κ2) is 8.07. The van der Waals surface area contributed by atoms with Crippen LogP contribution in [0.2, 0.25) is 0 Å². The van der Waals surface area contributed by atoms with Crippen molar-refractivity contribution in [3.63, 3.8) is 0 Å². The van der Waals surface area contributed by atoms with Gasteiger partial charge in [-0.1, -0.05) is 12.1 Å². The van der Waals surface area contributed by atoms with Crippen LogP contribution in [0.5, 0.6) is 0 Å². The molecule has 2 N–H and O–H groups in total. The number of anilines is 1. The van der Waals surface area contributed by atoms with Crippen LogP contribution in [0.3, 0.4) is 0 Å². The molecule has 0 unspecified atom stereocenters. The van der Waals surface area contributed by atoms with E-state index in [9.17, 15) is 4.79 Å². The summed E-state index contributed by atoms with van der Waals surface area (Å²) in [5.41, 5.74) is 10.5. The van der Waals surface area contributed by atoms with Gasteiger partial charge in [0.25, 0.3) is 0 Å². The van der Waals surface area contributed by atoms with E-state index >= 15 is 0 Å². The summed E-state index contributed by atoms with van der Waals surface area (Å²) in [6, 6.07) is 9.65. The van der Waals surface area contributed by atoms with Crippen molar-refractivity contribution < 1.29 is 4.79 Å². The van der Waals surface area contributed by atoms with E-state index in [1.165, 1.54) is 0 Å². The van der Waals surface area contributed by atoms with Crippen molar-refractivity contribution in [3.05, 3.63) is 60.2 Å². The number of likely N-dealkylation sites (tertiary alicyclic amines) is 1. The number of benzene rings is 1. The van der Waals surface area contributed by atoms with Crippen molar-refractivity contribution in [2.75, 3.05) is 18.8 Å². The molecule has 6 nitrogen and oxygen atoms in total. The SMILES string of the molecule is CC(=CC(=O)N1CCC(Cn2c(C)nc3cnccc32)CC1)c1ccc(N)cc1. The Balaban J connectivity index is 1.37. The van der Waals surface area contributed by atoms with E-state index in [0.29, 0.717) is 5.92 Å². The van der Waals surface area contributed by atoms with Gasteiger partial charge in [0.05, 0.1) is 11.7 Å². The summed E-state index contributed by atoms with van der Waals surface area (Å²) in [5.74, 6) is 1.66. The number of allylic oxidation sites excluding steroid dienone is 1. The average Bonchev–Trinajstić information content (AvgIpc) is 3.04. The zero-order valence-corrected chi connectivity index (χ0v) is 17.0. The lowest BCUT2D eigenvalue weighted by Crippen LogP contribution is -2.38. The van der Waals surface area contributed by atoms with Gasteiger partial charge in [-0.3, -0.25) is 9.78 Å². The maximum Gasteiger partial charge on any atom is 0.246 e. The Morgan fingerprint density at radius 3 is 2.66 bits per heavy atom. The summed E-state index contributed by atoms with van der Waals surface area (Å²) in [6.07, 6.45) is 7.38. The zero-order chi connectivity index (χ0) is 20.4. The van der Waals surface area contributed by atoms with Gasteiger partial charge in [-0.2, -0.15) is 0 Å². The number of aryl methyl sites for hydroxylation is 1. The van der Waals surface area contributed by atoms with Gasteiger partial charge in [0.2, 0.25) is 5.91 Å². The smallest absolute Gasteiger partial charge is 0.246 e. The Hall–Kier alpha value is -3.15. The lowest BCUT2D eigenvalue weighted by molar-refractivity contribution is -0.127. The molecule has 150 valence electrons. The molecule has 0 aliphatic carbocycles. The zero-order valence-electron chi connectivity index (χ0n) is 17.0. The molecular formula is C23H27N5O. The van der Waals surface area contributed by atoms with Crippen LogP contribution in [0.25, 0.3) is 16.6 Å². The number of piperidine rings is 1. The molecule has 4 rings (SSSR count). The Morgan fingerprint density at radius 1 is 1.21 bits per heavy atom. The number of fused-ring (bicyclic) bond motifs is 1. The molecule has 0 spiro atoms. The average molecular weight is 390 g/mol. The quantitative estimate of drug-likeness (QED) is 0.546. The van der Waals surface area contributed by atoms with Gasteiger partial charge in [0, 0.05) is 37.6 Å². The number of imidazole rings is 1. The number of carbonyl (C=O) groups is 1. The molecule has 1 aromatic carbocycles. The van der Waals surface area contributed by atoms with Crippen molar-refractivity contribution in [1.29, 1.82) is 0 Å². The summed E-state index contributed by atoms with van der Waals surface area (Å²) in [4.78, 5) is 23.4. The molecule has 0 atom stereocenters. The summed E-state index contributed by atoms with van der Waals surface area (Å²) < 4.78 is 2.28. The number of aromatic nitrogens is 3. The molecule has 0 bridgehead atoms. The number of nitrogen functional groups attached to an aromatic ring is 1. The van der Waals surface area contributed by atoms with Crippen LogP contribution in [0.1, 0.15) is 31.2 Å². The van der Waals surface area contributed by atoms with Crippen molar-refractivity contribution in [2.24, 2.45) is 5.92 Å². The molecule has 29 heavy (non-hydrogen) atoms. The molecule has 1 amide bonds. The van der Waals surface area contributed by atoms with E-state index in [1.807, 2.05) is 61.5 Å². The van der Waals surface area contributed by atoms with Crippen LogP contribution in [-0.2, 0) is 11.3 Å². The minimum atomic E-state index is 0.0908. The predicted molar refractivity (Wildman–Crippen MR) is 116 cm³/mol. The molecule has 3 heterocycles. The number of nitrogens with two attached hydrogens (primary N) is 1. The molecular weight excluding hydrogens is 362 g/mol. The Morgan fingerprint density at radius 2 is 1.93 bits per heavy atom.